The number of hydrogen-bond acceptors (Lipinski definition) is 5. The third-order valence-electron chi connectivity index (χ3n) is 11.4. The normalized spacial score (nSPS) is 22.8. The minimum atomic E-state index is 0.0294. The first-order chi connectivity index (χ1) is 22.5. The molecule has 2 aromatic heterocycles. The molecular formula is C39H43N5O2. The van der Waals surface area contributed by atoms with Crippen LogP contribution in [-0.4, -0.2) is 62.1 Å². The summed E-state index contributed by atoms with van der Waals surface area (Å²) in [4.78, 5) is 23.7. The highest BCUT2D eigenvalue weighted by atomic mass is 16.5. The lowest BCUT2D eigenvalue weighted by atomic mass is 9.70. The molecule has 3 aliphatic rings. The molecular weight excluding hydrogens is 570 g/mol. The number of hydrogen-bond donors (Lipinski definition) is 0. The van der Waals surface area contributed by atoms with Crippen molar-refractivity contribution in [2.75, 3.05) is 19.6 Å². The number of nitrogens with zero attached hydrogens (tertiary/aromatic N) is 5. The number of para-hydroxylation sites is 2. The molecule has 0 N–H and O–H groups in total. The van der Waals surface area contributed by atoms with Gasteiger partial charge in [0.2, 0.25) is 0 Å². The van der Waals surface area contributed by atoms with Crippen LogP contribution in [0.15, 0.2) is 89.5 Å². The predicted molar refractivity (Wildman–Crippen MR) is 181 cm³/mol. The standard InChI is InChI=1S/C39H43N5O2/c1-27-36(37(41-46-27)29-11-5-3-6-12-29)38(45)42-22-19-39(20-23-42,30-13-7-4-8-14-30)21-24-43-31-17-18-32(43)26-33(25-31)44-28(2)40-34-15-9-10-16-35(34)44/h3-16,31-33H,17-26H2,1-2H3/t31-,32+,33?. The second-order valence-corrected chi connectivity index (χ2v) is 13.8. The van der Waals surface area contributed by atoms with Crippen LogP contribution < -0.4 is 0 Å². The zero-order chi connectivity index (χ0) is 31.3. The van der Waals surface area contributed by atoms with Crippen LogP contribution in [0, 0.1) is 13.8 Å². The second kappa shape index (κ2) is 11.8. The van der Waals surface area contributed by atoms with Crippen molar-refractivity contribution < 1.29 is 9.32 Å². The fourth-order valence-corrected chi connectivity index (χ4v) is 8.98. The number of benzene rings is 3. The van der Waals surface area contributed by atoms with E-state index in [0.29, 0.717) is 35.1 Å². The molecule has 5 aromatic rings. The Hall–Kier alpha value is -4.23. The van der Waals surface area contributed by atoms with E-state index < -0.39 is 0 Å². The summed E-state index contributed by atoms with van der Waals surface area (Å²) in [5, 5.41) is 4.29. The molecule has 7 nitrogen and oxygen atoms in total. The fraction of sp³-hybridized carbons (Fsp3) is 0.410. The van der Waals surface area contributed by atoms with E-state index in [2.05, 4.69) is 76.1 Å². The first-order valence-electron chi connectivity index (χ1n) is 17.1. The lowest BCUT2D eigenvalue weighted by molar-refractivity contribution is 0.0606. The van der Waals surface area contributed by atoms with Crippen LogP contribution in [0.2, 0.25) is 0 Å². The van der Waals surface area contributed by atoms with Gasteiger partial charge in [-0.1, -0.05) is 78.0 Å². The number of carbonyl (C=O) groups excluding carboxylic acids is 1. The molecule has 8 rings (SSSR count). The van der Waals surface area contributed by atoms with Crippen LogP contribution in [0.1, 0.15) is 78.5 Å². The molecule has 7 heteroatoms. The number of likely N-dealkylation sites (tertiary alicyclic amines) is 1. The van der Waals surface area contributed by atoms with Crippen molar-refractivity contribution in [3.8, 4) is 11.3 Å². The molecule has 3 saturated heterocycles. The number of fused-ring (bicyclic) bond motifs is 3. The van der Waals surface area contributed by atoms with Crippen LogP contribution >= 0.6 is 0 Å². The lowest BCUT2D eigenvalue weighted by Crippen LogP contribution is -2.49. The maximum Gasteiger partial charge on any atom is 0.259 e. The number of rotatable bonds is 7. The van der Waals surface area contributed by atoms with Gasteiger partial charge in [-0.3, -0.25) is 9.69 Å². The molecule has 3 atom stereocenters. The summed E-state index contributed by atoms with van der Waals surface area (Å²) in [6.45, 7) is 6.58. The molecule has 0 spiro atoms. The summed E-state index contributed by atoms with van der Waals surface area (Å²) < 4.78 is 8.08. The second-order valence-electron chi connectivity index (χ2n) is 13.8. The minimum absolute atomic E-state index is 0.0294. The van der Waals surface area contributed by atoms with E-state index >= 15 is 0 Å². The predicted octanol–water partition coefficient (Wildman–Crippen LogP) is 7.74. The van der Waals surface area contributed by atoms with Crippen molar-refractivity contribution in [1.82, 2.24) is 24.5 Å². The summed E-state index contributed by atoms with van der Waals surface area (Å²) in [5.41, 5.74) is 6.00. The van der Waals surface area contributed by atoms with Crippen molar-refractivity contribution in [2.24, 2.45) is 0 Å². The average molecular weight is 614 g/mol. The lowest BCUT2D eigenvalue weighted by Gasteiger charge is -2.45. The molecule has 5 heterocycles. The van der Waals surface area contributed by atoms with Gasteiger partial charge in [0, 0.05) is 36.8 Å². The Labute approximate surface area is 271 Å². The molecule has 3 aromatic carbocycles. The molecule has 46 heavy (non-hydrogen) atoms. The molecule has 0 radical (unpaired) electrons. The monoisotopic (exact) mass is 613 g/mol. The third kappa shape index (κ3) is 5.05. The minimum Gasteiger partial charge on any atom is -0.360 e. The van der Waals surface area contributed by atoms with Crippen LogP contribution in [-0.2, 0) is 5.41 Å². The molecule has 0 saturated carbocycles. The molecule has 2 bridgehead atoms. The zero-order valence-electron chi connectivity index (χ0n) is 26.9. The van der Waals surface area contributed by atoms with E-state index in [1.807, 2.05) is 42.2 Å². The van der Waals surface area contributed by atoms with Crippen molar-refractivity contribution in [3.05, 3.63) is 108 Å². The summed E-state index contributed by atoms with van der Waals surface area (Å²) >= 11 is 0. The molecule has 3 fully saturated rings. The smallest absolute Gasteiger partial charge is 0.259 e. The fourth-order valence-electron chi connectivity index (χ4n) is 8.98. The number of imidazole rings is 1. The van der Waals surface area contributed by atoms with Gasteiger partial charge >= 0.3 is 0 Å². The molecule has 1 amide bonds. The number of piperidine rings is 2. The summed E-state index contributed by atoms with van der Waals surface area (Å²) in [5.74, 6) is 1.75. The largest absolute Gasteiger partial charge is 0.360 e. The van der Waals surface area contributed by atoms with E-state index in [1.54, 1.807) is 0 Å². The Morgan fingerprint density at radius 3 is 2.22 bits per heavy atom. The van der Waals surface area contributed by atoms with E-state index in [4.69, 9.17) is 9.51 Å². The SMILES string of the molecule is Cc1onc(-c2ccccc2)c1C(=O)N1CCC(CCN2[C@@H]3CC[C@H]2CC(n2c(C)nc4ccccc42)C3)(c2ccccc2)CC1. The summed E-state index contributed by atoms with van der Waals surface area (Å²) in [6.07, 6.45) is 8.00. The highest BCUT2D eigenvalue weighted by molar-refractivity contribution is 6.00. The van der Waals surface area contributed by atoms with Gasteiger partial charge < -0.3 is 14.0 Å². The molecule has 1 unspecified atom stereocenters. The van der Waals surface area contributed by atoms with Crippen molar-refractivity contribution in [2.45, 2.75) is 82.3 Å². The topological polar surface area (TPSA) is 67.4 Å². The van der Waals surface area contributed by atoms with Gasteiger partial charge in [0.15, 0.2) is 0 Å². The number of aromatic nitrogens is 3. The number of amides is 1. The Balaban J connectivity index is 0.987. The van der Waals surface area contributed by atoms with Gasteiger partial charge in [-0.05, 0) is 88.4 Å². The summed E-state index contributed by atoms with van der Waals surface area (Å²) in [6, 6.07) is 31.3. The number of carbonyl (C=O) groups is 1. The maximum absolute atomic E-state index is 14.0. The molecule has 236 valence electrons. The third-order valence-corrected chi connectivity index (χ3v) is 11.4. The Morgan fingerprint density at radius 2 is 1.50 bits per heavy atom. The van der Waals surface area contributed by atoms with Gasteiger partial charge in [-0.25, -0.2) is 4.98 Å². The first-order valence-corrected chi connectivity index (χ1v) is 17.1. The van der Waals surface area contributed by atoms with E-state index in [-0.39, 0.29) is 11.3 Å². The van der Waals surface area contributed by atoms with Gasteiger partial charge in [-0.15, -0.1) is 0 Å². The van der Waals surface area contributed by atoms with Crippen molar-refractivity contribution in [3.63, 3.8) is 0 Å². The Morgan fingerprint density at radius 1 is 0.848 bits per heavy atom. The first kappa shape index (κ1) is 29.2. The Bertz CT molecular complexity index is 1820. The van der Waals surface area contributed by atoms with Gasteiger partial charge in [0.05, 0.1) is 11.0 Å². The number of aryl methyl sites for hydroxylation is 2. The van der Waals surface area contributed by atoms with E-state index in [9.17, 15) is 4.79 Å². The maximum atomic E-state index is 14.0. The quantitative estimate of drug-likeness (QED) is 0.188. The highest BCUT2D eigenvalue weighted by Gasteiger charge is 2.44. The van der Waals surface area contributed by atoms with Crippen LogP contribution in [0.25, 0.3) is 22.3 Å². The van der Waals surface area contributed by atoms with Crippen LogP contribution in [0.3, 0.4) is 0 Å². The van der Waals surface area contributed by atoms with Gasteiger partial charge in [0.1, 0.15) is 22.8 Å². The summed E-state index contributed by atoms with van der Waals surface area (Å²) in [7, 11) is 0. The van der Waals surface area contributed by atoms with Gasteiger partial charge in [0.25, 0.3) is 5.91 Å². The van der Waals surface area contributed by atoms with Crippen molar-refractivity contribution in [1.29, 1.82) is 0 Å². The van der Waals surface area contributed by atoms with E-state index in [1.165, 1.54) is 36.8 Å². The highest BCUT2D eigenvalue weighted by Crippen LogP contribution is 2.45. The average Bonchev–Trinajstić information content (AvgIpc) is 3.73. The van der Waals surface area contributed by atoms with E-state index in [0.717, 1.165) is 55.8 Å². The van der Waals surface area contributed by atoms with Crippen LogP contribution in [0.4, 0.5) is 0 Å². The van der Waals surface area contributed by atoms with Gasteiger partial charge in [-0.2, -0.15) is 0 Å². The molecule has 0 aliphatic carbocycles. The van der Waals surface area contributed by atoms with Crippen LogP contribution in [0.5, 0.6) is 0 Å². The molecule has 3 aliphatic heterocycles. The zero-order valence-corrected chi connectivity index (χ0v) is 26.9. The van der Waals surface area contributed by atoms with Crippen molar-refractivity contribution >= 4 is 16.9 Å². The Kier molecular flexibility index (Phi) is 7.52.